The molecule has 0 spiro atoms. The molecule has 0 saturated heterocycles. The molecule has 2 N–H and O–H groups in total. The van der Waals surface area contributed by atoms with E-state index in [0.29, 0.717) is 5.69 Å². The molecule has 1 heterocycles. The summed E-state index contributed by atoms with van der Waals surface area (Å²) >= 11 is 4.05. The lowest BCUT2D eigenvalue weighted by atomic mass is 10.2. The highest BCUT2D eigenvalue weighted by molar-refractivity contribution is 7.82. The molecule has 0 radical (unpaired) electrons. The Morgan fingerprint density at radius 1 is 1.23 bits per heavy atom. The number of thiol groups is 1. The fourth-order valence-corrected chi connectivity index (χ4v) is 1.86. The second-order valence-corrected chi connectivity index (χ2v) is 5.06. The van der Waals surface area contributed by atoms with E-state index in [1.165, 1.54) is 6.07 Å². The first-order valence-electron chi connectivity index (χ1n) is 6.27. The van der Waals surface area contributed by atoms with Gasteiger partial charge in [-0.15, -0.1) is 0 Å². The predicted molar refractivity (Wildman–Crippen MR) is 86.9 cm³/mol. The zero-order valence-electron chi connectivity index (χ0n) is 12.0. The van der Waals surface area contributed by atoms with Crippen molar-refractivity contribution in [1.29, 1.82) is 0 Å². The van der Waals surface area contributed by atoms with E-state index in [1.807, 2.05) is 31.1 Å². The van der Waals surface area contributed by atoms with Crippen molar-refractivity contribution in [3.05, 3.63) is 42.4 Å². The molecule has 2 rings (SSSR count). The first-order valence-corrected chi connectivity index (χ1v) is 6.67. The van der Waals surface area contributed by atoms with E-state index in [4.69, 9.17) is 9.52 Å². The van der Waals surface area contributed by atoms with Crippen LogP contribution in [0.4, 0.5) is 21.9 Å². The third-order valence-corrected chi connectivity index (χ3v) is 3.26. The van der Waals surface area contributed by atoms with Crippen LogP contribution in [0.1, 0.15) is 10.6 Å². The monoisotopic (exact) mass is 321 g/mol. The Kier molecular flexibility index (Phi) is 4.62. The average Bonchev–Trinajstić information content (AvgIpc) is 2.96. The molecule has 0 aliphatic heterocycles. The molecule has 0 fully saturated rings. The number of rotatable bonds is 4. The molecule has 0 aliphatic rings. The first kappa shape index (κ1) is 15.8. The Hall–Kier alpha value is -2.61. The number of urea groups is 1. The van der Waals surface area contributed by atoms with Crippen LogP contribution in [-0.2, 0) is 0 Å². The number of hydrogen-bond acceptors (Lipinski definition) is 5. The van der Waals surface area contributed by atoms with Crippen molar-refractivity contribution in [2.75, 3.05) is 28.6 Å². The summed E-state index contributed by atoms with van der Waals surface area (Å²) in [5.74, 6) is -1.48. The van der Waals surface area contributed by atoms with Gasteiger partial charge in [-0.1, -0.05) is 18.9 Å². The number of carboxylic acids is 1. The van der Waals surface area contributed by atoms with Crippen LogP contribution in [0.3, 0.4) is 0 Å². The molecule has 2 amide bonds. The minimum absolute atomic E-state index is 0.224. The van der Waals surface area contributed by atoms with E-state index in [1.54, 1.807) is 12.1 Å². The summed E-state index contributed by atoms with van der Waals surface area (Å²) in [6, 6.07) is 7.95. The van der Waals surface area contributed by atoms with E-state index >= 15 is 0 Å². The van der Waals surface area contributed by atoms with Crippen LogP contribution >= 0.6 is 12.8 Å². The SMILES string of the molecule is CN(C)c1cccc(NC(=O)N(S)c2coc(C(=O)O)c2)c1. The van der Waals surface area contributed by atoms with Crippen molar-refractivity contribution in [2.45, 2.75) is 0 Å². The highest BCUT2D eigenvalue weighted by Crippen LogP contribution is 2.23. The van der Waals surface area contributed by atoms with Crippen molar-refractivity contribution >= 4 is 41.9 Å². The van der Waals surface area contributed by atoms with Crippen LogP contribution < -0.4 is 14.5 Å². The van der Waals surface area contributed by atoms with Crippen LogP contribution in [0.15, 0.2) is 41.0 Å². The fourth-order valence-electron chi connectivity index (χ4n) is 1.70. The molecular formula is C14H15N3O4S. The first-order chi connectivity index (χ1) is 10.4. The van der Waals surface area contributed by atoms with Crippen LogP contribution in [0.2, 0.25) is 0 Å². The van der Waals surface area contributed by atoms with Gasteiger partial charge in [0.2, 0.25) is 5.76 Å². The maximum absolute atomic E-state index is 12.1. The van der Waals surface area contributed by atoms with Crippen molar-refractivity contribution in [2.24, 2.45) is 0 Å². The minimum atomic E-state index is -1.22. The van der Waals surface area contributed by atoms with Crippen LogP contribution in [-0.4, -0.2) is 31.2 Å². The number of amides is 2. The molecule has 0 unspecified atom stereocenters. The smallest absolute Gasteiger partial charge is 0.371 e. The summed E-state index contributed by atoms with van der Waals surface area (Å²) in [5.41, 5.74) is 1.75. The molecule has 0 saturated carbocycles. The molecule has 7 nitrogen and oxygen atoms in total. The molecule has 2 aromatic rings. The van der Waals surface area contributed by atoms with Gasteiger partial charge < -0.3 is 19.7 Å². The van der Waals surface area contributed by atoms with Gasteiger partial charge in [0.1, 0.15) is 6.26 Å². The molecule has 1 aromatic heterocycles. The summed E-state index contributed by atoms with van der Waals surface area (Å²) in [6.07, 6.45) is 1.15. The molecule has 116 valence electrons. The number of carbonyl (C=O) groups excluding carboxylic acids is 1. The van der Waals surface area contributed by atoms with Gasteiger partial charge in [-0.3, -0.25) is 0 Å². The maximum Gasteiger partial charge on any atom is 0.371 e. The van der Waals surface area contributed by atoms with Gasteiger partial charge in [0, 0.05) is 31.5 Å². The van der Waals surface area contributed by atoms with Gasteiger partial charge >= 0.3 is 12.0 Å². The Bertz CT molecular complexity index is 699. The number of anilines is 3. The standard InChI is InChI=1S/C14H15N3O4S/c1-16(2)10-5-3-4-9(6-10)15-14(20)17(22)11-7-12(13(18)19)21-8-11/h3-8,22H,1-2H3,(H,15,20)(H,18,19). The number of furan rings is 1. The van der Waals surface area contributed by atoms with Crippen LogP contribution in [0.25, 0.3) is 0 Å². The van der Waals surface area contributed by atoms with Crippen molar-refractivity contribution in [3.63, 3.8) is 0 Å². The highest BCUT2D eigenvalue weighted by atomic mass is 32.1. The topological polar surface area (TPSA) is 86.0 Å². The summed E-state index contributed by atoms with van der Waals surface area (Å²) in [4.78, 5) is 24.8. The van der Waals surface area contributed by atoms with Crippen molar-refractivity contribution in [1.82, 2.24) is 0 Å². The summed E-state index contributed by atoms with van der Waals surface area (Å²) in [5, 5.41) is 11.5. The van der Waals surface area contributed by atoms with E-state index in [-0.39, 0.29) is 11.4 Å². The van der Waals surface area contributed by atoms with Crippen molar-refractivity contribution < 1.29 is 19.1 Å². The van der Waals surface area contributed by atoms with Gasteiger partial charge in [0.25, 0.3) is 0 Å². The number of aromatic carboxylic acids is 1. The summed E-state index contributed by atoms with van der Waals surface area (Å²) < 4.78 is 5.79. The third kappa shape index (κ3) is 3.53. The van der Waals surface area contributed by atoms with E-state index in [9.17, 15) is 9.59 Å². The van der Waals surface area contributed by atoms with Gasteiger partial charge in [0.05, 0.1) is 5.69 Å². The molecular weight excluding hydrogens is 306 g/mol. The van der Waals surface area contributed by atoms with Gasteiger partial charge in [-0.25, -0.2) is 13.9 Å². The fraction of sp³-hybridized carbons (Fsp3) is 0.143. The molecule has 0 atom stereocenters. The number of nitrogens with zero attached hydrogens (tertiary/aromatic N) is 2. The Balaban J connectivity index is 2.10. The number of carbonyl (C=O) groups is 2. The maximum atomic E-state index is 12.1. The molecule has 8 heteroatoms. The molecule has 22 heavy (non-hydrogen) atoms. The summed E-state index contributed by atoms with van der Waals surface area (Å²) in [6.45, 7) is 0. The lowest BCUT2D eigenvalue weighted by Crippen LogP contribution is -2.26. The third-order valence-electron chi connectivity index (χ3n) is 2.85. The molecule has 0 aliphatic carbocycles. The van der Waals surface area contributed by atoms with E-state index < -0.39 is 12.0 Å². The predicted octanol–water partition coefficient (Wildman–Crippen LogP) is 2.93. The second kappa shape index (κ2) is 6.44. The largest absolute Gasteiger partial charge is 0.475 e. The number of nitrogens with one attached hydrogen (secondary N) is 1. The average molecular weight is 321 g/mol. The second-order valence-electron chi connectivity index (χ2n) is 4.66. The molecule has 0 bridgehead atoms. The number of benzene rings is 1. The quantitative estimate of drug-likeness (QED) is 0.754. The van der Waals surface area contributed by atoms with E-state index in [0.717, 1.165) is 16.3 Å². The minimum Gasteiger partial charge on any atom is -0.475 e. The Morgan fingerprint density at radius 3 is 2.55 bits per heavy atom. The van der Waals surface area contributed by atoms with E-state index in [2.05, 4.69) is 18.1 Å². The van der Waals surface area contributed by atoms with Crippen LogP contribution in [0.5, 0.6) is 0 Å². The lowest BCUT2D eigenvalue weighted by molar-refractivity contribution is 0.0662. The van der Waals surface area contributed by atoms with Crippen molar-refractivity contribution in [3.8, 4) is 0 Å². The normalized spacial score (nSPS) is 10.1. The Labute approximate surface area is 132 Å². The number of hydrogen-bond donors (Lipinski definition) is 3. The highest BCUT2D eigenvalue weighted by Gasteiger charge is 2.17. The van der Waals surface area contributed by atoms with Gasteiger partial charge in [0.15, 0.2) is 0 Å². The lowest BCUT2D eigenvalue weighted by Gasteiger charge is -2.16. The number of carboxylic acid groups (broad SMARTS) is 1. The molecule has 1 aromatic carbocycles. The van der Waals surface area contributed by atoms with Crippen LogP contribution in [0, 0.1) is 0 Å². The van der Waals surface area contributed by atoms with Gasteiger partial charge in [-0.05, 0) is 18.2 Å². The Morgan fingerprint density at radius 2 is 1.95 bits per heavy atom. The van der Waals surface area contributed by atoms with Gasteiger partial charge in [-0.2, -0.15) is 0 Å². The zero-order chi connectivity index (χ0) is 16.3. The summed E-state index contributed by atoms with van der Waals surface area (Å²) in [7, 11) is 3.79. The zero-order valence-corrected chi connectivity index (χ0v) is 12.9.